The Labute approximate surface area is 158 Å². The predicted octanol–water partition coefficient (Wildman–Crippen LogP) is 5.75. The fourth-order valence-corrected chi connectivity index (χ4v) is 4.39. The van der Waals surface area contributed by atoms with E-state index in [1.807, 2.05) is 24.1 Å². The maximum atomic E-state index is 6.01. The fraction of sp³-hybridized carbons (Fsp3) is 0.368. The zero-order valence-corrected chi connectivity index (χ0v) is 16.2. The van der Waals surface area contributed by atoms with E-state index in [2.05, 4.69) is 47.0 Å². The highest BCUT2D eigenvalue weighted by Crippen LogP contribution is 2.31. The summed E-state index contributed by atoms with van der Waals surface area (Å²) in [7, 11) is 0. The highest BCUT2D eigenvalue weighted by atomic mass is 35.5. The van der Waals surface area contributed by atoms with Crippen LogP contribution in [0.5, 0.6) is 0 Å². The standard InChI is InChI=1S/C19H22ClNOS2/c1-23-18-6-2-15(3-7-18)14-21(17-10-12-22-13-11-17)24-19-8-4-16(20)5-9-19/h2-9,17H,10-14H2,1H3. The molecular weight excluding hydrogens is 358 g/mol. The largest absolute Gasteiger partial charge is 0.381 e. The zero-order chi connectivity index (χ0) is 16.8. The molecule has 1 aliphatic heterocycles. The van der Waals surface area contributed by atoms with Crippen molar-refractivity contribution in [3.8, 4) is 0 Å². The predicted molar refractivity (Wildman–Crippen MR) is 105 cm³/mol. The van der Waals surface area contributed by atoms with Gasteiger partial charge in [-0.15, -0.1) is 11.8 Å². The van der Waals surface area contributed by atoms with Crippen molar-refractivity contribution in [1.29, 1.82) is 0 Å². The molecule has 128 valence electrons. The molecule has 0 spiro atoms. The van der Waals surface area contributed by atoms with Crippen molar-refractivity contribution in [1.82, 2.24) is 4.31 Å². The van der Waals surface area contributed by atoms with E-state index in [9.17, 15) is 0 Å². The first-order valence-corrected chi connectivity index (χ1v) is 10.5. The molecule has 0 N–H and O–H groups in total. The van der Waals surface area contributed by atoms with Gasteiger partial charge in [0.15, 0.2) is 0 Å². The Morgan fingerprint density at radius 3 is 2.25 bits per heavy atom. The summed E-state index contributed by atoms with van der Waals surface area (Å²) in [4.78, 5) is 2.54. The third-order valence-electron chi connectivity index (χ3n) is 4.13. The molecule has 0 amide bonds. The van der Waals surface area contributed by atoms with Gasteiger partial charge in [-0.3, -0.25) is 0 Å². The number of nitrogens with zero attached hydrogens (tertiary/aromatic N) is 1. The molecule has 3 rings (SSSR count). The van der Waals surface area contributed by atoms with Gasteiger partial charge in [0.25, 0.3) is 0 Å². The van der Waals surface area contributed by atoms with E-state index in [-0.39, 0.29) is 0 Å². The molecule has 2 aromatic carbocycles. The van der Waals surface area contributed by atoms with Gasteiger partial charge in [-0.05, 0) is 73.0 Å². The van der Waals surface area contributed by atoms with Crippen molar-refractivity contribution >= 4 is 35.3 Å². The van der Waals surface area contributed by atoms with E-state index in [1.165, 1.54) is 15.4 Å². The Bertz CT molecular complexity index is 627. The van der Waals surface area contributed by atoms with Gasteiger partial charge in [0.2, 0.25) is 0 Å². The minimum absolute atomic E-state index is 0.541. The van der Waals surface area contributed by atoms with Gasteiger partial charge in [-0.1, -0.05) is 23.7 Å². The highest BCUT2D eigenvalue weighted by molar-refractivity contribution is 7.98. The quantitative estimate of drug-likeness (QED) is 0.467. The van der Waals surface area contributed by atoms with Crippen LogP contribution in [0.3, 0.4) is 0 Å². The molecule has 0 aromatic heterocycles. The molecule has 0 radical (unpaired) electrons. The normalized spacial score (nSPS) is 15.8. The van der Waals surface area contributed by atoms with Crippen LogP contribution in [0, 0.1) is 0 Å². The van der Waals surface area contributed by atoms with Gasteiger partial charge in [-0.2, -0.15) is 0 Å². The SMILES string of the molecule is CSc1ccc(CN(Sc2ccc(Cl)cc2)C2CCOCC2)cc1. The van der Waals surface area contributed by atoms with Gasteiger partial charge >= 0.3 is 0 Å². The van der Waals surface area contributed by atoms with Crippen LogP contribution in [-0.2, 0) is 11.3 Å². The molecule has 1 heterocycles. The third-order valence-corrected chi connectivity index (χ3v) is 6.27. The zero-order valence-electron chi connectivity index (χ0n) is 13.8. The molecule has 1 saturated heterocycles. The van der Waals surface area contributed by atoms with Gasteiger partial charge in [0.05, 0.1) is 0 Å². The smallest absolute Gasteiger partial charge is 0.0481 e. The van der Waals surface area contributed by atoms with E-state index in [1.54, 1.807) is 11.8 Å². The average molecular weight is 380 g/mol. The molecule has 0 atom stereocenters. The van der Waals surface area contributed by atoms with E-state index < -0.39 is 0 Å². The van der Waals surface area contributed by atoms with Gasteiger partial charge in [0.1, 0.15) is 0 Å². The number of halogens is 1. The molecule has 5 heteroatoms. The average Bonchev–Trinajstić information content (AvgIpc) is 2.64. The first-order valence-electron chi connectivity index (χ1n) is 8.15. The van der Waals surface area contributed by atoms with E-state index in [4.69, 9.17) is 16.3 Å². The lowest BCUT2D eigenvalue weighted by Gasteiger charge is -2.33. The summed E-state index contributed by atoms with van der Waals surface area (Å²) in [6.45, 7) is 2.65. The summed E-state index contributed by atoms with van der Waals surface area (Å²) in [6.07, 6.45) is 4.28. The lowest BCUT2D eigenvalue weighted by atomic mass is 10.1. The maximum Gasteiger partial charge on any atom is 0.0481 e. The molecule has 0 saturated carbocycles. The van der Waals surface area contributed by atoms with Crippen LogP contribution in [0.4, 0.5) is 0 Å². The molecule has 0 aliphatic carbocycles. The molecule has 1 fully saturated rings. The first kappa shape index (κ1) is 18.2. The summed E-state index contributed by atoms with van der Waals surface area (Å²) >= 11 is 9.62. The Morgan fingerprint density at radius 2 is 1.62 bits per heavy atom. The summed E-state index contributed by atoms with van der Waals surface area (Å²) in [6, 6.07) is 17.5. The second-order valence-corrected chi connectivity index (χ2v) is 8.25. The molecule has 0 bridgehead atoms. The maximum absolute atomic E-state index is 6.01. The van der Waals surface area contributed by atoms with Crippen LogP contribution in [0.2, 0.25) is 5.02 Å². The summed E-state index contributed by atoms with van der Waals surface area (Å²) < 4.78 is 8.04. The lowest BCUT2D eigenvalue weighted by molar-refractivity contribution is 0.0595. The molecule has 24 heavy (non-hydrogen) atoms. The number of thioether (sulfide) groups is 1. The van der Waals surface area contributed by atoms with Crippen molar-refractivity contribution in [3.63, 3.8) is 0 Å². The van der Waals surface area contributed by atoms with Crippen LogP contribution >= 0.6 is 35.3 Å². The van der Waals surface area contributed by atoms with Crippen molar-refractivity contribution < 1.29 is 4.74 Å². The van der Waals surface area contributed by atoms with E-state index in [0.29, 0.717) is 6.04 Å². The molecule has 1 aliphatic rings. The minimum Gasteiger partial charge on any atom is -0.381 e. The Balaban J connectivity index is 1.73. The van der Waals surface area contributed by atoms with Gasteiger partial charge in [-0.25, -0.2) is 4.31 Å². The summed E-state index contributed by atoms with van der Waals surface area (Å²) in [5, 5.41) is 0.782. The van der Waals surface area contributed by atoms with Crippen LogP contribution in [-0.4, -0.2) is 29.8 Å². The second-order valence-electron chi connectivity index (χ2n) is 5.81. The Hall–Kier alpha value is -0.650. The van der Waals surface area contributed by atoms with Crippen molar-refractivity contribution in [2.45, 2.75) is 35.2 Å². The van der Waals surface area contributed by atoms with Crippen LogP contribution in [0.15, 0.2) is 58.3 Å². The van der Waals surface area contributed by atoms with Crippen LogP contribution < -0.4 is 0 Å². The monoisotopic (exact) mass is 379 g/mol. The van der Waals surface area contributed by atoms with Gasteiger partial charge in [0, 0.05) is 40.6 Å². The van der Waals surface area contributed by atoms with E-state index >= 15 is 0 Å². The van der Waals surface area contributed by atoms with Crippen LogP contribution in [0.1, 0.15) is 18.4 Å². The van der Waals surface area contributed by atoms with Crippen molar-refractivity contribution in [3.05, 3.63) is 59.1 Å². The Morgan fingerprint density at radius 1 is 1.00 bits per heavy atom. The minimum atomic E-state index is 0.541. The van der Waals surface area contributed by atoms with Crippen molar-refractivity contribution in [2.75, 3.05) is 19.5 Å². The Kier molecular flexibility index (Phi) is 6.93. The van der Waals surface area contributed by atoms with Crippen LogP contribution in [0.25, 0.3) is 0 Å². The number of hydrogen-bond acceptors (Lipinski definition) is 4. The molecular formula is C19H22ClNOS2. The second kappa shape index (κ2) is 9.16. The first-order chi connectivity index (χ1) is 11.7. The highest BCUT2D eigenvalue weighted by Gasteiger charge is 2.22. The number of hydrogen-bond donors (Lipinski definition) is 0. The molecule has 0 unspecified atom stereocenters. The number of benzene rings is 2. The summed E-state index contributed by atoms with van der Waals surface area (Å²) in [5.74, 6) is 0. The topological polar surface area (TPSA) is 12.5 Å². The van der Waals surface area contributed by atoms with Gasteiger partial charge < -0.3 is 4.74 Å². The molecule has 2 aromatic rings. The van der Waals surface area contributed by atoms with Crippen molar-refractivity contribution in [2.24, 2.45) is 0 Å². The lowest BCUT2D eigenvalue weighted by Crippen LogP contribution is -2.34. The molecule has 2 nitrogen and oxygen atoms in total. The fourth-order valence-electron chi connectivity index (χ4n) is 2.75. The summed E-state index contributed by atoms with van der Waals surface area (Å²) in [5.41, 5.74) is 1.35. The number of ether oxygens (including phenoxy) is 1. The van der Waals surface area contributed by atoms with E-state index in [0.717, 1.165) is 37.6 Å². The number of rotatable bonds is 6. The third kappa shape index (κ3) is 5.17.